The lowest BCUT2D eigenvalue weighted by Crippen LogP contribution is -1.88. The second-order valence-electron chi connectivity index (χ2n) is 4.07. The van der Waals surface area contributed by atoms with Crippen molar-refractivity contribution in [2.24, 2.45) is 0 Å². The number of anilines is 1. The molecule has 2 rings (SSSR count). The molecular weight excluding hydrogens is 218 g/mol. The Morgan fingerprint density at radius 2 is 1.67 bits per heavy atom. The Morgan fingerprint density at radius 3 is 2.28 bits per heavy atom. The monoisotopic (exact) mass is 233 g/mol. The first-order chi connectivity index (χ1) is 8.78. The molecule has 0 atom stereocenters. The second kappa shape index (κ2) is 5.75. The van der Waals surface area contributed by atoms with Crippen molar-refractivity contribution in [3.63, 3.8) is 0 Å². The Morgan fingerprint density at radius 1 is 1.00 bits per heavy atom. The van der Waals surface area contributed by atoms with E-state index in [4.69, 9.17) is 0 Å². The normalized spacial score (nSPS) is 9.17. The van der Waals surface area contributed by atoms with Gasteiger partial charge in [0.15, 0.2) is 0 Å². The van der Waals surface area contributed by atoms with Crippen molar-refractivity contribution in [3.05, 3.63) is 71.8 Å². The summed E-state index contributed by atoms with van der Waals surface area (Å²) in [4.78, 5) is 0. The fourth-order valence-corrected chi connectivity index (χ4v) is 1.52. The summed E-state index contributed by atoms with van der Waals surface area (Å²) < 4.78 is 0. The molecule has 0 fully saturated rings. The largest absolute Gasteiger partial charge is 0.315 e. The molecule has 0 saturated carbocycles. The van der Waals surface area contributed by atoms with Crippen molar-refractivity contribution < 1.29 is 0 Å². The molecular formula is C17H15N. The van der Waals surface area contributed by atoms with E-state index < -0.39 is 0 Å². The molecule has 0 aromatic heterocycles. The molecule has 18 heavy (non-hydrogen) atoms. The Labute approximate surface area is 108 Å². The zero-order valence-electron chi connectivity index (χ0n) is 10.4. The van der Waals surface area contributed by atoms with Crippen LogP contribution in [0.25, 0.3) is 6.08 Å². The Bertz CT molecular complexity index is 580. The molecule has 0 saturated heterocycles. The average molecular weight is 233 g/mol. The van der Waals surface area contributed by atoms with E-state index in [2.05, 4.69) is 42.9 Å². The first-order valence-corrected chi connectivity index (χ1v) is 5.84. The van der Waals surface area contributed by atoms with Gasteiger partial charge >= 0.3 is 0 Å². The molecule has 0 spiro atoms. The van der Waals surface area contributed by atoms with Crippen LogP contribution in [0.1, 0.15) is 16.7 Å². The van der Waals surface area contributed by atoms with Crippen molar-refractivity contribution in [2.75, 3.05) is 5.32 Å². The van der Waals surface area contributed by atoms with E-state index in [0.29, 0.717) is 0 Å². The van der Waals surface area contributed by atoms with E-state index in [0.717, 1.165) is 16.8 Å². The molecule has 1 N–H and O–H groups in total. The van der Waals surface area contributed by atoms with Gasteiger partial charge in [0, 0.05) is 17.3 Å². The van der Waals surface area contributed by atoms with E-state index >= 15 is 0 Å². The standard InChI is InChI=1S/C17H15N/c1-3-15-6-8-16(9-7-15)12-13-18-17-10-4-14(2)5-11-17/h3-11,18H,1H2,2H3. The maximum atomic E-state index is 3.72. The molecule has 88 valence electrons. The van der Waals surface area contributed by atoms with Gasteiger partial charge in [-0.1, -0.05) is 42.5 Å². The fraction of sp³-hybridized carbons (Fsp3) is 0.0588. The number of rotatable bonds is 2. The third-order valence-electron chi connectivity index (χ3n) is 2.61. The molecule has 2 aromatic carbocycles. The second-order valence-corrected chi connectivity index (χ2v) is 4.07. The summed E-state index contributed by atoms with van der Waals surface area (Å²) in [5.74, 6) is 3.06. The molecule has 0 heterocycles. The summed E-state index contributed by atoms with van der Waals surface area (Å²) in [7, 11) is 0. The van der Waals surface area contributed by atoms with Crippen LogP contribution in [0.3, 0.4) is 0 Å². The van der Waals surface area contributed by atoms with Gasteiger partial charge in [-0.2, -0.15) is 0 Å². The molecule has 1 nitrogen and oxygen atoms in total. The zero-order chi connectivity index (χ0) is 12.8. The Balaban J connectivity index is 2.03. The lowest BCUT2D eigenvalue weighted by Gasteiger charge is -1.98. The lowest BCUT2D eigenvalue weighted by atomic mass is 10.1. The van der Waals surface area contributed by atoms with Crippen LogP contribution in [0.4, 0.5) is 5.69 Å². The number of benzene rings is 2. The van der Waals surface area contributed by atoms with Crippen LogP contribution in [0.5, 0.6) is 0 Å². The van der Waals surface area contributed by atoms with Gasteiger partial charge in [-0.05, 0) is 42.7 Å². The molecule has 1 heteroatoms. The van der Waals surface area contributed by atoms with Crippen LogP contribution in [0, 0.1) is 18.9 Å². The van der Waals surface area contributed by atoms with E-state index in [1.807, 2.05) is 42.5 Å². The Hall–Kier alpha value is -2.46. The maximum Gasteiger partial charge on any atom is 0.0459 e. The Kier molecular flexibility index (Phi) is 3.83. The molecule has 0 aliphatic heterocycles. The summed E-state index contributed by atoms with van der Waals surface area (Å²) in [6.07, 6.45) is 1.82. The highest BCUT2D eigenvalue weighted by atomic mass is 14.8. The highest BCUT2D eigenvalue weighted by Gasteiger charge is 1.88. The van der Waals surface area contributed by atoms with Crippen LogP contribution in [-0.2, 0) is 0 Å². The van der Waals surface area contributed by atoms with Gasteiger partial charge in [-0.25, -0.2) is 0 Å². The van der Waals surface area contributed by atoms with E-state index in [9.17, 15) is 0 Å². The maximum absolute atomic E-state index is 3.72. The summed E-state index contributed by atoms with van der Waals surface area (Å²) in [6, 6.07) is 19.1. The van der Waals surface area contributed by atoms with Crippen molar-refractivity contribution in [1.82, 2.24) is 0 Å². The average Bonchev–Trinajstić information content (AvgIpc) is 2.42. The number of aryl methyl sites for hydroxylation is 1. The van der Waals surface area contributed by atoms with Crippen LogP contribution >= 0.6 is 0 Å². The van der Waals surface area contributed by atoms with E-state index in [1.54, 1.807) is 0 Å². The molecule has 0 amide bonds. The highest BCUT2D eigenvalue weighted by Crippen LogP contribution is 2.08. The molecule has 0 aliphatic rings. The molecule has 2 aromatic rings. The van der Waals surface area contributed by atoms with Crippen LogP contribution in [0.2, 0.25) is 0 Å². The van der Waals surface area contributed by atoms with Crippen molar-refractivity contribution in [3.8, 4) is 12.0 Å². The fourth-order valence-electron chi connectivity index (χ4n) is 1.52. The van der Waals surface area contributed by atoms with Gasteiger partial charge in [-0.3, -0.25) is 0 Å². The zero-order valence-corrected chi connectivity index (χ0v) is 10.4. The number of hydrogen-bond donors (Lipinski definition) is 1. The predicted octanol–water partition coefficient (Wildman–Crippen LogP) is 4.06. The smallest absolute Gasteiger partial charge is 0.0459 e. The van der Waals surface area contributed by atoms with Crippen LogP contribution in [0.15, 0.2) is 55.1 Å². The minimum Gasteiger partial charge on any atom is -0.315 e. The van der Waals surface area contributed by atoms with Gasteiger partial charge in [0.2, 0.25) is 0 Å². The summed E-state index contributed by atoms with van der Waals surface area (Å²) in [5.41, 5.74) is 4.34. The number of nitrogens with one attached hydrogen (secondary N) is 1. The molecule has 0 radical (unpaired) electrons. The van der Waals surface area contributed by atoms with Crippen molar-refractivity contribution in [1.29, 1.82) is 0 Å². The van der Waals surface area contributed by atoms with Gasteiger partial charge in [0.25, 0.3) is 0 Å². The third-order valence-corrected chi connectivity index (χ3v) is 2.61. The highest BCUT2D eigenvalue weighted by molar-refractivity contribution is 5.52. The van der Waals surface area contributed by atoms with Crippen LogP contribution in [-0.4, -0.2) is 0 Å². The molecule has 0 bridgehead atoms. The lowest BCUT2D eigenvalue weighted by molar-refractivity contribution is 1.46. The number of hydrogen-bond acceptors (Lipinski definition) is 1. The first kappa shape index (κ1) is 12.0. The van der Waals surface area contributed by atoms with Gasteiger partial charge in [0.05, 0.1) is 0 Å². The SMILES string of the molecule is C=Cc1ccc(C#CNc2ccc(C)cc2)cc1. The summed E-state index contributed by atoms with van der Waals surface area (Å²) in [6.45, 7) is 5.79. The van der Waals surface area contributed by atoms with E-state index in [-0.39, 0.29) is 0 Å². The molecule has 0 unspecified atom stereocenters. The topological polar surface area (TPSA) is 12.0 Å². The third kappa shape index (κ3) is 3.26. The van der Waals surface area contributed by atoms with Gasteiger partial charge < -0.3 is 5.32 Å². The van der Waals surface area contributed by atoms with E-state index in [1.165, 1.54) is 5.56 Å². The summed E-state index contributed by atoms with van der Waals surface area (Å²) in [5, 5.41) is 3.07. The molecule has 0 aliphatic carbocycles. The van der Waals surface area contributed by atoms with Gasteiger partial charge in [-0.15, -0.1) is 0 Å². The van der Waals surface area contributed by atoms with Crippen molar-refractivity contribution >= 4 is 11.8 Å². The minimum atomic E-state index is 0.986. The van der Waals surface area contributed by atoms with Crippen molar-refractivity contribution in [2.45, 2.75) is 6.92 Å². The van der Waals surface area contributed by atoms with Crippen LogP contribution < -0.4 is 5.32 Å². The summed E-state index contributed by atoms with van der Waals surface area (Å²) >= 11 is 0. The first-order valence-electron chi connectivity index (χ1n) is 5.84. The predicted molar refractivity (Wildman–Crippen MR) is 78.2 cm³/mol. The van der Waals surface area contributed by atoms with Gasteiger partial charge in [0.1, 0.15) is 0 Å². The quantitative estimate of drug-likeness (QED) is 0.609. The minimum absolute atomic E-state index is 0.986.